The molecule has 0 radical (unpaired) electrons. The molecule has 0 aliphatic carbocycles. The number of amides is 1. The van der Waals surface area contributed by atoms with Gasteiger partial charge in [-0.1, -0.05) is 32.1 Å². The smallest absolute Gasteiger partial charge is 0.233 e. The Labute approximate surface area is 119 Å². The first kappa shape index (κ1) is 13.9. The van der Waals surface area contributed by atoms with E-state index in [-0.39, 0.29) is 17.7 Å². The number of nitrogen functional groups attached to an aromatic ring is 1. The highest BCUT2D eigenvalue weighted by Gasteiger charge is 2.18. The fourth-order valence-corrected chi connectivity index (χ4v) is 2.82. The van der Waals surface area contributed by atoms with Crippen molar-refractivity contribution in [2.45, 2.75) is 32.6 Å². The van der Waals surface area contributed by atoms with Crippen molar-refractivity contribution in [1.82, 2.24) is 15.2 Å². The maximum Gasteiger partial charge on any atom is 0.233 e. The van der Waals surface area contributed by atoms with Gasteiger partial charge in [-0.15, -0.1) is 21.5 Å². The number of carbonyl (C=O) groups excluding carboxylic acids is 1. The topological polar surface area (TPSA) is 93.8 Å². The van der Waals surface area contributed by atoms with E-state index in [0.29, 0.717) is 15.3 Å². The summed E-state index contributed by atoms with van der Waals surface area (Å²) in [6.07, 6.45) is 1.96. The van der Waals surface area contributed by atoms with Gasteiger partial charge in [0.25, 0.3) is 0 Å². The molecule has 0 fully saturated rings. The second-order valence-electron chi connectivity index (χ2n) is 5.04. The van der Waals surface area contributed by atoms with Gasteiger partial charge in [-0.3, -0.25) is 4.79 Å². The molecule has 0 aliphatic rings. The van der Waals surface area contributed by atoms with E-state index in [1.54, 1.807) is 6.20 Å². The van der Waals surface area contributed by atoms with Gasteiger partial charge in [-0.25, -0.2) is 4.98 Å². The molecule has 102 valence electrons. The van der Waals surface area contributed by atoms with Crippen molar-refractivity contribution in [3.05, 3.63) is 16.1 Å². The average Bonchev–Trinajstić information content (AvgIpc) is 2.87. The summed E-state index contributed by atoms with van der Waals surface area (Å²) in [6, 6.07) is 0. The van der Waals surface area contributed by atoms with Crippen LogP contribution in [0.15, 0.2) is 6.20 Å². The van der Waals surface area contributed by atoms with E-state index < -0.39 is 0 Å². The predicted molar refractivity (Wildman–Crippen MR) is 77.5 cm³/mol. The molecule has 2 rings (SSSR count). The van der Waals surface area contributed by atoms with Crippen molar-refractivity contribution in [3.63, 3.8) is 0 Å². The van der Waals surface area contributed by atoms with Gasteiger partial charge in [0, 0.05) is 11.1 Å². The van der Waals surface area contributed by atoms with E-state index in [2.05, 4.69) is 41.3 Å². The molecule has 3 N–H and O–H groups in total. The van der Waals surface area contributed by atoms with Crippen LogP contribution in [0.5, 0.6) is 0 Å². The molecule has 8 heteroatoms. The number of carbonyl (C=O) groups is 1. The Hall–Kier alpha value is -1.54. The number of nitrogens with two attached hydrogens (primary N) is 1. The van der Waals surface area contributed by atoms with Crippen LogP contribution in [-0.2, 0) is 16.6 Å². The summed E-state index contributed by atoms with van der Waals surface area (Å²) in [5, 5.41) is 11.8. The lowest BCUT2D eigenvalue weighted by Gasteiger charge is -2.14. The second kappa shape index (κ2) is 5.22. The largest absolute Gasteiger partial charge is 0.374 e. The Balaban J connectivity index is 1.97. The van der Waals surface area contributed by atoms with Gasteiger partial charge in [0.15, 0.2) is 5.13 Å². The normalized spacial score (nSPS) is 11.5. The molecule has 0 bridgehead atoms. The molecular formula is C11H15N5OS2. The average molecular weight is 297 g/mol. The maximum absolute atomic E-state index is 11.8. The lowest BCUT2D eigenvalue weighted by molar-refractivity contribution is -0.115. The molecule has 2 aromatic rings. The van der Waals surface area contributed by atoms with Crippen LogP contribution in [0.2, 0.25) is 0 Å². The SMILES string of the molecule is CC(C)(C)c1cnc(NC(=O)Cc2nnc(N)s2)s1. The first-order valence-electron chi connectivity index (χ1n) is 5.68. The number of hydrogen-bond donors (Lipinski definition) is 2. The Morgan fingerprint density at radius 2 is 2.11 bits per heavy atom. The van der Waals surface area contributed by atoms with Gasteiger partial charge < -0.3 is 11.1 Å². The highest BCUT2D eigenvalue weighted by Crippen LogP contribution is 2.30. The van der Waals surface area contributed by atoms with Gasteiger partial charge >= 0.3 is 0 Å². The summed E-state index contributed by atoms with van der Waals surface area (Å²) in [5.41, 5.74) is 5.50. The van der Waals surface area contributed by atoms with Crippen molar-refractivity contribution in [3.8, 4) is 0 Å². The Bertz CT molecular complexity index is 584. The van der Waals surface area contributed by atoms with Crippen LogP contribution in [0.25, 0.3) is 0 Å². The minimum atomic E-state index is -0.161. The molecule has 0 spiro atoms. The number of anilines is 2. The first-order valence-corrected chi connectivity index (χ1v) is 7.32. The molecule has 0 unspecified atom stereocenters. The van der Waals surface area contributed by atoms with Crippen molar-refractivity contribution < 1.29 is 4.79 Å². The van der Waals surface area contributed by atoms with E-state index >= 15 is 0 Å². The van der Waals surface area contributed by atoms with Crippen LogP contribution in [0.1, 0.15) is 30.7 Å². The van der Waals surface area contributed by atoms with Crippen LogP contribution in [0.3, 0.4) is 0 Å². The van der Waals surface area contributed by atoms with Crippen LogP contribution >= 0.6 is 22.7 Å². The monoisotopic (exact) mass is 297 g/mol. The molecule has 0 saturated heterocycles. The third-order valence-corrected chi connectivity index (χ3v) is 4.38. The fourth-order valence-electron chi connectivity index (χ4n) is 1.32. The van der Waals surface area contributed by atoms with E-state index in [9.17, 15) is 4.79 Å². The van der Waals surface area contributed by atoms with Gasteiger partial charge in [0.05, 0.1) is 6.42 Å². The van der Waals surface area contributed by atoms with Crippen molar-refractivity contribution >= 4 is 38.8 Å². The molecule has 2 heterocycles. The van der Waals surface area contributed by atoms with Gasteiger partial charge in [0.1, 0.15) is 5.01 Å². The highest BCUT2D eigenvalue weighted by atomic mass is 32.1. The van der Waals surface area contributed by atoms with Gasteiger partial charge in [-0.05, 0) is 5.41 Å². The molecule has 19 heavy (non-hydrogen) atoms. The molecule has 0 saturated carbocycles. The molecule has 0 aromatic carbocycles. The maximum atomic E-state index is 11.8. The Morgan fingerprint density at radius 1 is 1.37 bits per heavy atom. The molecule has 2 aromatic heterocycles. The summed E-state index contributed by atoms with van der Waals surface area (Å²) in [6.45, 7) is 6.32. The van der Waals surface area contributed by atoms with Crippen molar-refractivity contribution in [2.75, 3.05) is 11.1 Å². The first-order chi connectivity index (χ1) is 8.84. The van der Waals surface area contributed by atoms with E-state index in [0.717, 1.165) is 4.88 Å². The quantitative estimate of drug-likeness (QED) is 0.904. The summed E-state index contributed by atoms with van der Waals surface area (Å²) in [4.78, 5) is 17.1. The minimum absolute atomic E-state index is 0.0360. The second-order valence-corrected chi connectivity index (χ2v) is 7.16. The molecule has 0 aliphatic heterocycles. The van der Waals surface area contributed by atoms with Crippen molar-refractivity contribution in [2.24, 2.45) is 0 Å². The molecule has 6 nitrogen and oxygen atoms in total. The zero-order chi connectivity index (χ0) is 14.0. The third kappa shape index (κ3) is 3.71. The lowest BCUT2D eigenvalue weighted by atomic mass is 9.96. The summed E-state index contributed by atoms with van der Waals surface area (Å²) < 4.78 is 0. The van der Waals surface area contributed by atoms with E-state index in [1.807, 2.05) is 0 Å². The Kier molecular flexibility index (Phi) is 3.81. The molecule has 1 amide bonds. The van der Waals surface area contributed by atoms with Crippen LogP contribution < -0.4 is 11.1 Å². The minimum Gasteiger partial charge on any atom is -0.374 e. The van der Waals surface area contributed by atoms with Gasteiger partial charge in [0.2, 0.25) is 11.0 Å². The molecule has 0 atom stereocenters. The predicted octanol–water partition coefficient (Wildman–Crippen LogP) is 2.06. The Morgan fingerprint density at radius 3 is 2.63 bits per heavy atom. The van der Waals surface area contributed by atoms with Crippen LogP contribution in [-0.4, -0.2) is 21.1 Å². The number of aromatic nitrogens is 3. The number of nitrogens with zero attached hydrogens (tertiary/aromatic N) is 3. The summed E-state index contributed by atoms with van der Waals surface area (Å²) >= 11 is 2.70. The summed E-state index contributed by atoms with van der Waals surface area (Å²) in [5.74, 6) is -0.161. The zero-order valence-corrected chi connectivity index (χ0v) is 12.6. The van der Waals surface area contributed by atoms with E-state index in [1.165, 1.54) is 22.7 Å². The summed E-state index contributed by atoms with van der Waals surface area (Å²) in [7, 11) is 0. The standard InChI is InChI=1S/C11H15N5OS2/c1-11(2,3)6-5-13-10(18-6)14-7(17)4-8-15-16-9(12)19-8/h5H,4H2,1-3H3,(H2,12,16)(H,13,14,17). The zero-order valence-electron chi connectivity index (χ0n) is 10.9. The molecular weight excluding hydrogens is 282 g/mol. The number of hydrogen-bond acceptors (Lipinski definition) is 7. The highest BCUT2D eigenvalue weighted by molar-refractivity contribution is 7.16. The van der Waals surface area contributed by atoms with Crippen LogP contribution in [0, 0.1) is 0 Å². The number of rotatable bonds is 3. The van der Waals surface area contributed by atoms with Crippen LogP contribution in [0.4, 0.5) is 10.3 Å². The number of thiazole rings is 1. The van der Waals surface area contributed by atoms with E-state index in [4.69, 9.17) is 5.73 Å². The third-order valence-electron chi connectivity index (χ3n) is 2.29. The van der Waals surface area contributed by atoms with Gasteiger partial charge in [-0.2, -0.15) is 0 Å². The number of nitrogens with one attached hydrogen (secondary N) is 1. The lowest BCUT2D eigenvalue weighted by Crippen LogP contribution is -2.14. The fraction of sp³-hybridized carbons (Fsp3) is 0.455. The van der Waals surface area contributed by atoms with Crippen molar-refractivity contribution in [1.29, 1.82) is 0 Å².